The summed E-state index contributed by atoms with van der Waals surface area (Å²) < 4.78 is 3.91. The maximum Gasteiger partial charge on any atom is 0.332 e. The van der Waals surface area contributed by atoms with Crippen LogP contribution in [-0.2, 0) is 14.3 Å². The van der Waals surface area contributed by atoms with Crippen LogP contribution in [-0.4, -0.2) is 16.3 Å². The zero-order valence-electron chi connectivity index (χ0n) is 6.70. The molecule has 2 fully saturated rings. The van der Waals surface area contributed by atoms with E-state index in [4.69, 9.17) is 0 Å². The standard InChI is InChI=1S/C9H7BrO3/c10-9-5-2-1-4(3-5)6(9)7(11)13-8(9)12/h1-2,4-6H,3H2/t4-,5-,6+,9-/m0/s1. The Hall–Kier alpha value is -0.640. The number of fused-ring (bicyclic) bond motifs is 5. The molecule has 4 heteroatoms. The van der Waals surface area contributed by atoms with Gasteiger partial charge in [-0.25, -0.2) is 4.79 Å². The van der Waals surface area contributed by atoms with Crippen LogP contribution in [0.25, 0.3) is 0 Å². The van der Waals surface area contributed by atoms with Crippen molar-refractivity contribution in [2.45, 2.75) is 10.7 Å². The molecular formula is C9H7BrO3. The summed E-state index contributed by atoms with van der Waals surface area (Å²) in [4.78, 5) is 22.8. The van der Waals surface area contributed by atoms with Crippen LogP contribution in [0.2, 0.25) is 0 Å². The third-order valence-corrected chi connectivity index (χ3v) is 4.70. The van der Waals surface area contributed by atoms with Gasteiger partial charge in [0.1, 0.15) is 4.32 Å². The average molecular weight is 243 g/mol. The van der Waals surface area contributed by atoms with Crippen LogP contribution in [0, 0.1) is 17.8 Å². The van der Waals surface area contributed by atoms with Crippen LogP contribution >= 0.6 is 15.9 Å². The van der Waals surface area contributed by atoms with E-state index in [1.807, 2.05) is 12.2 Å². The van der Waals surface area contributed by atoms with Gasteiger partial charge in [0.15, 0.2) is 0 Å². The monoisotopic (exact) mass is 242 g/mol. The largest absolute Gasteiger partial charge is 0.392 e. The number of halogens is 1. The summed E-state index contributed by atoms with van der Waals surface area (Å²) in [6.07, 6.45) is 4.93. The maximum atomic E-state index is 11.5. The highest BCUT2D eigenvalue weighted by Crippen LogP contribution is 2.58. The number of cyclic esters (lactones) is 2. The number of hydrogen-bond donors (Lipinski definition) is 0. The fourth-order valence-electron chi connectivity index (χ4n) is 2.69. The van der Waals surface area contributed by atoms with Crippen LogP contribution in [0.3, 0.4) is 0 Å². The Labute approximate surface area is 83.3 Å². The summed E-state index contributed by atoms with van der Waals surface area (Å²) in [7, 11) is 0. The van der Waals surface area contributed by atoms with Gasteiger partial charge in [-0.3, -0.25) is 4.79 Å². The fourth-order valence-corrected chi connectivity index (χ4v) is 3.63. The molecule has 0 aromatic rings. The molecule has 0 aromatic carbocycles. The number of ether oxygens (including phenoxy) is 1. The number of carbonyl (C=O) groups is 2. The summed E-state index contributed by atoms with van der Waals surface area (Å²) >= 11 is 3.39. The molecule has 2 bridgehead atoms. The predicted molar refractivity (Wildman–Crippen MR) is 47.0 cm³/mol. The highest BCUT2D eigenvalue weighted by Gasteiger charge is 2.68. The van der Waals surface area contributed by atoms with Crippen molar-refractivity contribution in [2.24, 2.45) is 17.8 Å². The van der Waals surface area contributed by atoms with E-state index in [2.05, 4.69) is 20.7 Å². The zero-order chi connectivity index (χ0) is 9.22. The van der Waals surface area contributed by atoms with Crippen molar-refractivity contribution in [3.8, 4) is 0 Å². The van der Waals surface area contributed by atoms with Gasteiger partial charge in [-0.05, 0) is 12.3 Å². The number of esters is 2. The lowest BCUT2D eigenvalue weighted by Gasteiger charge is -2.23. The van der Waals surface area contributed by atoms with Gasteiger partial charge in [0.05, 0.1) is 5.92 Å². The molecule has 0 unspecified atom stereocenters. The van der Waals surface area contributed by atoms with E-state index in [9.17, 15) is 9.59 Å². The molecule has 2 aliphatic carbocycles. The first-order valence-corrected chi connectivity index (χ1v) is 5.06. The quantitative estimate of drug-likeness (QED) is 0.276. The van der Waals surface area contributed by atoms with Crippen molar-refractivity contribution in [2.75, 3.05) is 0 Å². The van der Waals surface area contributed by atoms with Gasteiger partial charge in [0, 0.05) is 5.92 Å². The molecule has 1 saturated heterocycles. The molecule has 3 nitrogen and oxygen atoms in total. The molecule has 0 amide bonds. The highest BCUT2D eigenvalue weighted by atomic mass is 79.9. The lowest BCUT2D eigenvalue weighted by molar-refractivity contribution is -0.154. The summed E-state index contributed by atoms with van der Waals surface area (Å²) in [6, 6.07) is 0. The number of carbonyl (C=O) groups excluding carboxylic acids is 2. The zero-order valence-corrected chi connectivity index (χ0v) is 8.28. The SMILES string of the molecule is O=C1OC(=O)[C@]2(Br)[C@H]3C=C[C@@H](C3)[C@H]12. The Morgan fingerprint density at radius 2 is 2.23 bits per heavy atom. The van der Waals surface area contributed by atoms with Crippen molar-refractivity contribution >= 4 is 27.9 Å². The van der Waals surface area contributed by atoms with Gasteiger partial charge in [-0.2, -0.15) is 0 Å². The van der Waals surface area contributed by atoms with Crippen LogP contribution < -0.4 is 0 Å². The van der Waals surface area contributed by atoms with Gasteiger partial charge in [-0.1, -0.05) is 28.1 Å². The molecule has 1 heterocycles. The molecule has 0 aromatic heterocycles. The van der Waals surface area contributed by atoms with E-state index >= 15 is 0 Å². The minimum absolute atomic E-state index is 0.140. The number of alkyl halides is 1. The van der Waals surface area contributed by atoms with Crippen LogP contribution in [0.1, 0.15) is 6.42 Å². The Bertz CT molecular complexity index is 349. The molecule has 13 heavy (non-hydrogen) atoms. The Morgan fingerprint density at radius 3 is 2.92 bits per heavy atom. The average Bonchev–Trinajstić information content (AvgIpc) is 2.66. The molecule has 0 radical (unpaired) electrons. The van der Waals surface area contributed by atoms with E-state index in [-0.39, 0.29) is 23.7 Å². The maximum absolute atomic E-state index is 11.5. The number of hydrogen-bond acceptors (Lipinski definition) is 3. The number of rotatable bonds is 0. The molecular weight excluding hydrogens is 236 g/mol. The molecule has 3 rings (SSSR count). The van der Waals surface area contributed by atoms with Gasteiger partial charge < -0.3 is 4.74 Å². The van der Waals surface area contributed by atoms with E-state index in [1.54, 1.807) is 0 Å². The van der Waals surface area contributed by atoms with Crippen molar-refractivity contribution in [3.05, 3.63) is 12.2 Å². The van der Waals surface area contributed by atoms with Crippen molar-refractivity contribution in [1.29, 1.82) is 0 Å². The molecule has 0 N–H and O–H groups in total. The summed E-state index contributed by atoms with van der Waals surface area (Å²) in [5.41, 5.74) is 0. The second kappa shape index (κ2) is 2.05. The first kappa shape index (κ1) is 7.74. The molecule has 68 valence electrons. The second-order valence-electron chi connectivity index (χ2n) is 3.85. The smallest absolute Gasteiger partial charge is 0.332 e. The van der Waals surface area contributed by atoms with Gasteiger partial charge in [0.25, 0.3) is 0 Å². The minimum Gasteiger partial charge on any atom is -0.392 e. The van der Waals surface area contributed by atoms with Crippen molar-refractivity contribution < 1.29 is 14.3 Å². The Kier molecular flexibility index (Phi) is 1.22. The predicted octanol–water partition coefficient (Wildman–Crippen LogP) is 1.03. The molecule has 0 spiro atoms. The van der Waals surface area contributed by atoms with Gasteiger partial charge >= 0.3 is 11.9 Å². The molecule has 4 atom stereocenters. The summed E-state index contributed by atoms with van der Waals surface area (Å²) in [5, 5.41) is 0. The Morgan fingerprint density at radius 1 is 1.46 bits per heavy atom. The van der Waals surface area contributed by atoms with Crippen LogP contribution in [0.5, 0.6) is 0 Å². The first-order valence-electron chi connectivity index (χ1n) is 4.27. The molecule has 3 aliphatic rings. The lowest BCUT2D eigenvalue weighted by atomic mass is 9.85. The van der Waals surface area contributed by atoms with Crippen molar-refractivity contribution in [1.82, 2.24) is 0 Å². The topological polar surface area (TPSA) is 43.4 Å². The van der Waals surface area contributed by atoms with E-state index in [0.29, 0.717) is 0 Å². The number of allylic oxidation sites excluding steroid dienone is 2. The third kappa shape index (κ3) is 0.676. The van der Waals surface area contributed by atoms with Gasteiger partial charge in [0.2, 0.25) is 0 Å². The van der Waals surface area contributed by atoms with Crippen molar-refractivity contribution in [3.63, 3.8) is 0 Å². The second-order valence-corrected chi connectivity index (χ2v) is 5.16. The van der Waals surface area contributed by atoms with E-state index in [1.165, 1.54) is 0 Å². The van der Waals surface area contributed by atoms with Crippen LogP contribution in [0.15, 0.2) is 12.2 Å². The first-order chi connectivity index (χ1) is 6.14. The van der Waals surface area contributed by atoms with Gasteiger partial charge in [-0.15, -0.1) is 0 Å². The fraction of sp³-hybridized carbons (Fsp3) is 0.556. The van der Waals surface area contributed by atoms with E-state index < -0.39 is 10.3 Å². The molecule has 1 aliphatic heterocycles. The highest BCUT2D eigenvalue weighted by molar-refractivity contribution is 9.10. The minimum atomic E-state index is -0.733. The Balaban J connectivity index is 2.17. The normalized spacial score (nSPS) is 51.3. The van der Waals surface area contributed by atoms with Crippen LogP contribution in [0.4, 0.5) is 0 Å². The van der Waals surface area contributed by atoms with E-state index in [0.717, 1.165) is 6.42 Å². The summed E-state index contributed by atoms with van der Waals surface area (Å²) in [5.74, 6) is -0.710. The molecule has 1 saturated carbocycles. The summed E-state index contributed by atoms with van der Waals surface area (Å²) in [6.45, 7) is 0. The third-order valence-electron chi connectivity index (χ3n) is 3.30. The lowest BCUT2D eigenvalue weighted by Crippen LogP contribution is -2.38.